The maximum absolute atomic E-state index is 9.37. The smallest absolute Gasteiger partial charge is 0.0457 e. The van der Waals surface area contributed by atoms with Gasteiger partial charge in [0, 0.05) is 23.1 Å². The molecule has 112 valence electrons. The molecule has 0 aliphatic heterocycles. The fraction of sp³-hybridized carbons (Fsp3) is 0.647. The van der Waals surface area contributed by atoms with Crippen molar-refractivity contribution in [2.75, 3.05) is 13.7 Å². The molecule has 20 heavy (non-hydrogen) atoms. The Bertz CT molecular complexity index is 412. The molecule has 3 heteroatoms. The van der Waals surface area contributed by atoms with Crippen LogP contribution >= 0.6 is 11.6 Å². The summed E-state index contributed by atoms with van der Waals surface area (Å²) >= 11 is 6.04. The molecule has 2 rings (SSSR count). The molecule has 1 fully saturated rings. The second-order valence-corrected chi connectivity index (χ2v) is 6.67. The van der Waals surface area contributed by atoms with Crippen molar-refractivity contribution in [3.8, 4) is 0 Å². The SMILES string of the molecule is CNC(CC(C)CO)C1(c2ccc(Cl)cc2)CCCC1. The van der Waals surface area contributed by atoms with E-state index in [9.17, 15) is 5.11 Å². The highest BCUT2D eigenvalue weighted by atomic mass is 35.5. The second-order valence-electron chi connectivity index (χ2n) is 6.23. The van der Waals surface area contributed by atoms with Crippen molar-refractivity contribution in [1.82, 2.24) is 5.32 Å². The van der Waals surface area contributed by atoms with Crippen molar-refractivity contribution < 1.29 is 5.11 Å². The van der Waals surface area contributed by atoms with Gasteiger partial charge < -0.3 is 10.4 Å². The van der Waals surface area contributed by atoms with Crippen LogP contribution in [0.3, 0.4) is 0 Å². The van der Waals surface area contributed by atoms with Crippen LogP contribution in [0.25, 0.3) is 0 Å². The summed E-state index contributed by atoms with van der Waals surface area (Å²) in [6.45, 7) is 2.38. The van der Waals surface area contributed by atoms with Gasteiger partial charge in [-0.3, -0.25) is 0 Å². The van der Waals surface area contributed by atoms with Gasteiger partial charge in [-0.15, -0.1) is 0 Å². The lowest BCUT2D eigenvalue weighted by Crippen LogP contribution is -2.46. The number of rotatable bonds is 6. The molecule has 1 aromatic carbocycles. The monoisotopic (exact) mass is 295 g/mol. The number of benzene rings is 1. The fourth-order valence-electron chi connectivity index (χ4n) is 3.72. The molecule has 2 nitrogen and oxygen atoms in total. The minimum Gasteiger partial charge on any atom is -0.396 e. The Kier molecular flexibility index (Phi) is 5.48. The van der Waals surface area contributed by atoms with E-state index >= 15 is 0 Å². The lowest BCUT2D eigenvalue weighted by molar-refractivity contribution is 0.192. The first-order valence-corrected chi connectivity index (χ1v) is 8.04. The first kappa shape index (κ1) is 15.8. The van der Waals surface area contributed by atoms with Crippen LogP contribution in [0.2, 0.25) is 5.02 Å². The van der Waals surface area contributed by atoms with Crippen molar-refractivity contribution in [2.24, 2.45) is 5.92 Å². The Morgan fingerprint density at radius 1 is 1.25 bits per heavy atom. The summed E-state index contributed by atoms with van der Waals surface area (Å²) in [7, 11) is 2.05. The standard InChI is InChI=1S/C17H26ClNO/c1-13(12-20)11-16(19-2)17(9-3-4-10-17)14-5-7-15(18)8-6-14/h5-8,13,16,19-20H,3-4,9-12H2,1-2H3. The maximum Gasteiger partial charge on any atom is 0.0457 e. The minimum atomic E-state index is 0.197. The highest BCUT2D eigenvalue weighted by Crippen LogP contribution is 2.45. The van der Waals surface area contributed by atoms with Crippen molar-refractivity contribution in [1.29, 1.82) is 0 Å². The normalized spacial score (nSPS) is 20.8. The van der Waals surface area contributed by atoms with Gasteiger partial charge in [-0.25, -0.2) is 0 Å². The molecule has 1 saturated carbocycles. The number of aliphatic hydroxyl groups is 1. The Morgan fingerprint density at radius 3 is 2.35 bits per heavy atom. The summed E-state index contributed by atoms with van der Waals surface area (Å²) in [4.78, 5) is 0. The van der Waals surface area contributed by atoms with E-state index in [1.807, 2.05) is 19.2 Å². The van der Waals surface area contributed by atoms with Crippen molar-refractivity contribution in [3.63, 3.8) is 0 Å². The van der Waals surface area contributed by atoms with Crippen LogP contribution in [0.5, 0.6) is 0 Å². The predicted octanol–water partition coefficient (Wildman–Crippen LogP) is 3.76. The third kappa shape index (κ3) is 3.19. The molecule has 2 unspecified atom stereocenters. The molecule has 1 aliphatic rings. The molecule has 0 amide bonds. The zero-order chi connectivity index (χ0) is 14.6. The summed E-state index contributed by atoms with van der Waals surface area (Å²) in [6, 6.07) is 8.77. The summed E-state index contributed by atoms with van der Waals surface area (Å²) in [5.74, 6) is 0.331. The molecule has 0 aromatic heterocycles. The van der Waals surface area contributed by atoms with Crippen molar-refractivity contribution in [3.05, 3.63) is 34.9 Å². The maximum atomic E-state index is 9.37. The molecule has 1 aromatic rings. The average Bonchev–Trinajstić information content (AvgIpc) is 2.95. The van der Waals surface area contributed by atoms with Gasteiger partial charge in [-0.05, 0) is 49.9 Å². The quantitative estimate of drug-likeness (QED) is 0.837. The molecule has 2 N–H and O–H groups in total. The van der Waals surface area contributed by atoms with E-state index in [4.69, 9.17) is 11.6 Å². The van der Waals surface area contributed by atoms with Gasteiger partial charge in [0.25, 0.3) is 0 Å². The van der Waals surface area contributed by atoms with E-state index in [0.29, 0.717) is 12.0 Å². The third-order valence-electron chi connectivity index (χ3n) is 4.88. The Balaban J connectivity index is 2.30. The van der Waals surface area contributed by atoms with Crippen molar-refractivity contribution in [2.45, 2.75) is 50.5 Å². The zero-order valence-corrected chi connectivity index (χ0v) is 13.3. The molecule has 1 aliphatic carbocycles. The minimum absolute atomic E-state index is 0.197. The highest BCUT2D eigenvalue weighted by Gasteiger charge is 2.42. The lowest BCUT2D eigenvalue weighted by Gasteiger charge is -2.39. The third-order valence-corrected chi connectivity index (χ3v) is 5.13. The van der Waals surface area contributed by atoms with Gasteiger partial charge in [0.15, 0.2) is 0 Å². The van der Waals surface area contributed by atoms with E-state index in [2.05, 4.69) is 24.4 Å². The summed E-state index contributed by atoms with van der Waals surface area (Å²) in [5.41, 5.74) is 1.59. The number of aliphatic hydroxyl groups excluding tert-OH is 1. The molecule has 0 bridgehead atoms. The van der Waals surface area contributed by atoms with Crippen LogP contribution in [-0.2, 0) is 5.41 Å². The average molecular weight is 296 g/mol. The van der Waals surface area contributed by atoms with Gasteiger partial charge in [0.1, 0.15) is 0 Å². The number of likely N-dealkylation sites (N-methyl/N-ethyl adjacent to an activating group) is 1. The number of hydrogen-bond acceptors (Lipinski definition) is 2. The van der Waals surface area contributed by atoms with Crippen LogP contribution in [0.15, 0.2) is 24.3 Å². The predicted molar refractivity (Wildman–Crippen MR) is 85.3 cm³/mol. The molecule has 0 radical (unpaired) electrons. The first-order valence-electron chi connectivity index (χ1n) is 7.66. The van der Waals surface area contributed by atoms with Crippen LogP contribution in [0.4, 0.5) is 0 Å². The molecule has 2 atom stereocenters. The highest BCUT2D eigenvalue weighted by molar-refractivity contribution is 6.30. The van der Waals surface area contributed by atoms with Gasteiger partial charge in [0.05, 0.1) is 0 Å². The molecular weight excluding hydrogens is 270 g/mol. The molecule has 0 heterocycles. The Labute approximate surface area is 127 Å². The van der Waals surface area contributed by atoms with Gasteiger partial charge in [-0.2, -0.15) is 0 Å². The lowest BCUT2D eigenvalue weighted by atomic mass is 9.70. The van der Waals surface area contributed by atoms with E-state index in [0.717, 1.165) is 11.4 Å². The van der Waals surface area contributed by atoms with Crippen LogP contribution in [0.1, 0.15) is 44.6 Å². The number of nitrogens with one attached hydrogen (secondary N) is 1. The number of hydrogen-bond donors (Lipinski definition) is 2. The fourth-order valence-corrected chi connectivity index (χ4v) is 3.85. The summed E-state index contributed by atoms with van der Waals surface area (Å²) < 4.78 is 0. The van der Waals surface area contributed by atoms with Crippen LogP contribution < -0.4 is 5.32 Å². The van der Waals surface area contributed by atoms with E-state index in [-0.39, 0.29) is 12.0 Å². The van der Waals surface area contributed by atoms with Crippen LogP contribution in [-0.4, -0.2) is 24.8 Å². The largest absolute Gasteiger partial charge is 0.396 e. The summed E-state index contributed by atoms with van der Waals surface area (Å²) in [5, 5.41) is 13.7. The Morgan fingerprint density at radius 2 is 1.85 bits per heavy atom. The van der Waals surface area contributed by atoms with Crippen molar-refractivity contribution >= 4 is 11.6 Å². The Hall–Kier alpha value is -0.570. The van der Waals surface area contributed by atoms with Gasteiger partial charge >= 0.3 is 0 Å². The topological polar surface area (TPSA) is 32.3 Å². The molecule has 0 saturated heterocycles. The van der Waals surface area contributed by atoms with Gasteiger partial charge in [0.2, 0.25) is 0 Å². The first-order chi connectivity index (χ1) is 9.62. The van der Waals surface area contributed by atoms with Crippen LogP contribution in [0, 0.1) is 5.92 Å². The second kappa shape index (κ2) is 6.93. The zero-order valence-electron chi connectivity index (χ0n) is 12.5. The number of halogens is 1. The molecule has 0 spiro atoms. The van der Waals surface area contributed by atoms with E-state index in [1.165, 1.54) is 31.2 Å². The van der Waals surface area contributed by atoms with E-state index < -0.39 is 0 Å². The molecular formula is C17H26ClNO. The van der Waals surface area contributed by atoms with Gasteiger partial charge in [-0.1, -0.05) is 43.5 Å². The summed E-state index contributed by atoms with van der Waals surface area (Å²) in [6.07, 6.45) is 6.02. The van der Waals surface area contributed by atoms with E-state index in [1.54, 1.807) is 0 Å².